The highest BCUT2D eigenvalue weighted by Gasteiger charge is 2.39. The van der Waals surface area contributed by atoms with E-state index in [1.807, 2.05) is 0 Å². The number of halogens is 3. The van der Waals surface area contributed by atoms with Gasteiger partial charge in [-0.05, 0) is 18.6 Å². The predicted octanol–water partition coefficient (Wildman–Crippen LogP) is 1.78. The van der Waals surface area contributed by atoms with Crippen molar-refractivity contribution in [3.05, 3.63) is 23.6 Å². The lowest BCUT2D eigenvalue weighted by atomic mass is 10.1. The fraction of sp³-hybridized carbons (Fsp3) is 0.444. The Bertz CT molecular complexity index is 349. The van der Waals surface area contributed by atoms with Crippen molar-refractivity contribution < 1.29 is 22.7 Å². The third-order valence-electron chi connectivity index (χ3n) is 1.89. The minimum absolute atomic E-state index is 0.00363. The van der Waals surface area contributed by atoms with Crippen LogP contribution in [0.4, 0.5) is 13.2 Å². The van der Waals surface area contributed by atoms with Crippen LogP contribution in [0.1, 0.15) is 6.42 Å². The molecule has 16 heavy (non-hydrogen) atoms. The van der Waals surface area contributed by atoms with E-state index in [-0.39, 0.29) is 16.7 Å². The average molecular weight is 253 g/mol. The predicted molar refractivity (Wildman–Crippen MR) is 54.8 cm³/mol. The number of carbonyl (C=O) groups is 1. The van der Waals surface area contributed by atoms with E-state index in [1.54, 1.807) is 11.4 Å². The first-order valence-corrected chi connectivity index (χ1v) is 4.89. The standard InChI is InChI=1S/C9H10F3NO2S/c1-15-7-3-2-5(16)4-6(7)13-8(14)9(10,11)12/h3-5,16H,2H2,1H3,(H,13,14). The molecular formula is C9H10F3NO2S. The average Bonchev–Trinajstić information content (AvgIpc) is 2.16. The van der Waals surface area contributed by atoms with Gasteiger partial charge < -0.3 is 10.1 Å². The first-order chi connectivity index (χ1) is 7.34. The van der Waals surface area contributed by atoms with E-state index in [1.165, 1.54) is 13.2 Å². The normalized spacial score (nSPS) is 20.9. The van der Waals surface area contributed by atoms with Gasteiger partial charge in [0.1, 0.15) is 5.76 Å². The summed E-state index contributed by atoms with van der Waals surface area (Å²) in [6, 6.07) is 0. The molecule has 0 radical (unpaired) electrons. The lowest BCUT2D eigenvalue weighted by molar-refractivity contribution is -0.172. The molecule has 0 fully saturated rings. The first kappa shape index (κ1) is 13.0. The van der Waals surface area contributed by atoms with Gasteiger partial charge in [0.15, 0.2) is 0 Å². The van der Waals surface area contributed by atoms with Gasteiger partial charge in [0, 0.05) is 5.25 Å². The number of allylic oxidation sites excluding steroid dienone is 1. The molecule has 1 unspecified atom stereocenters. The molecule has 0 saturated carbocycles. The highest BCUT2D eigenvalue weighted by molar-refractivity contribution is 7.81. The Balaban J connectivity index is 2.79. The van der Waals surface area contributed by atoms with Crippen LogP contribution in [-0.2, 0) is 9.53 Å². The van der Waals surface area contributed by atoms with Gasteiger partial charge in [0.05, 0.1) is 12.8 Å². The van der Waals surface area contributed by atoms with E-state index >= 15 is 0 Å². The number of thiol groups is 1. The summed E-state index contributed by atoms with van der Waals surface area (Å²) in [5.41, 5.74) is -0.00363. The summed E-state index contributed by atoms with van der Waals surface area (Å²) in [6.45, 7) is 0. The third-order valence-corrected chi connectivity index (χ3v) is 2.25. The minimum Gasteiger partial charge on any atom is -0.495 e. The second-order valence-electron chi connectivity index (χ2n) is 3.11. The van der Waals surface area contributed by atoms with E-state index in [0.717, 1.165) is 0 Å². The third kappa shape index (κ3) is 3.19. The summed E-state index contributed by atoms with van der Waals surface area (Å²) in [4.78, 5) is 10.7. The minimum atomic E-state index is -4.91. The first-order valence-electron chi connectivity index (χ1n) is 4.37. The van der Waals surface area contributed by atoms with Crippen LogP contribution in [0.25, 0.3) is 0 Å². The highest BCUT2D eigenvalue weighted by atomic mass is 32.1. The molecule has 0 aliphatic heterocycles. The van der Waals surface area contributed by atoms with Crippen molar-refractivity contribution in [2.24, 2.45) is 0 Å². The molecule has 0 aromatic rings. The lowest BCUT2D eigenvalue weighted by Crippen LogP contribution is -2.37. The summed E-state index contributed by atoms with van der Waals surface area (Å²) < 4.78 is 40.9. The van der Waals surface area contributed by atoms with Crippen molar-refractivity contribution in [1.29, 1.82) is 0 Å². The Morgan fingerprint density at radius 1 is 1.62 bits per heavy atom. The number of carbonyl (C=O) groups excluding carboxylic acids is 1. The number of methoxy groups -OCH3 is 1. The molecular weight excluding hydrogens is 243 g/mol. The maximum absolute atomic E-state index is 12.0. The van der Waals surface area contributed by atoms with Crippen molar-refractivity contribution in [2.45, 2.75) is 17.8 Å². The van der Waals surface area contributed by atoms with Crippen LogP contribution in [-0.4, -0.2) is 24.4 Å². The van der Waals surface area contributed by atoms with Gasteiger partial charge in [0.2, 0.25) is 0 Å². The van der Waals surface area contributed by atoms with E-state index in [9.17, 15) is 18.0 Å². The number of hydrogen-bond donors (Lipinski definition) is 2. The number of nitrogens with one attached hydrogen (secondary N) is 1. The molecule has 90 valence electrons. The van der Waals surface area contributed by atoms with Crippen molar-refractivity contribution in [1.82, 2.24) is 5.32 Å². The van der Waals surface area contributed by atoms with Crippen LogP contribution < -0.4 is 5.32 Å². The molecule has 1 aliphatic carbocycles. The molecule has 0 spiro atoms. The van der Waals surface area contributed by atoms with E-state index in [2.05, 4.69) is 12.6 Å². The van der Waals surface area contributed by atoms with Gasteiger partial charge in [-0.15, -0.1) is 0 Å². The van der Waals surface area contributed by atoms with Gasteiger partial charge in [-0.1, -0.05) is 0 Å². The van der Waals surface area contributed by atoms with Crippen molar-refractivity contribution >= 4 is 18.5 Å². The van der Waals surface area contributed by atoms with Crippen LogP contribution in [0.15, 0.2) is 23.6 Å². The Kier molecular flexibility index (Phi) is 3.90. The summed E-state index contributed by atoms with van der Waals surface area (Å²) in [5, 5.41) is 1.51. The van der Waals surface area contributed by atoms with Crippen molar-refractivity contribution in [3.63, 3.8) is 0 Å². The highest BCUT2D eigenvalue weighted by Crippen LogP contribution is 2.22. The molecule has 3 nitrogen and oxygen atoms in total. The second-order valence-corrected chi connectivity index (χ2v) is 3.77. The Labute approximate surface area is 95.8 Å². The van der Waals surface area contributed by atoms with Crippen LogP contribution >= 0.6 is 12.6 Å². The summed E-state index contributed by atoms with van der Waals surface area (Å²) >= 11 is 4.09. The second kappa shape index (κ2) is 4.82. The number of hydrogen-bond acceptors (Lipinski definition) is 3. The van der Waals surface area contributed by atoms with Gasteiger partial charge in [-0.2, -0.15) is 25.8 Å². The molecule has 1 rings (SSSR count). The smallest absolute Gasteiger partial charge is 0.471 e. The molecule has 0 bridgehead atoms. The Morgan fingerprint density at radius 3 is 2.75 bits per heavy atom. The summed E-state index contributed by atoms with van der Waals surface area (Å²) in [5.74, 6) is -1.81. The SMILES string of the molecule is COC1=CCC(S)C=C1NC(=O)C(F)(F)F. The fourth-order valence-electron chi connectivity index (χ4n) is 1.17. The summed E-state index contributed by atoms with van der Waals surface area (Å²) in [6.07, 6.45) is -1.39. The molecule has 1 atom stereocenters. The number of ether oxygens (including phenoxy) is 1. The zero-order chi connectivity index (χ0) is 12.3. The molecule has 7 heteroatoms. The zero-order valence-corrected chi connectivity index (χ0v) is 9.23. The number of amides is 1. The topological polar surface area (TPSA) is 38.3 Å². The largest absolute Gasteiger partial charge is 0.495 e. The van der Waals surface area contributed by atoms with Gasteiger partial charge in [-0.25, -0.2) is 0 Å². The molecule has 0 heterocycles. The van der Waals surface area contributed by atoms with Crippen molar-refractivity contribution in [2.75, 3.05) is 7.11 Å². The Hall–Kier alpha value is -1.11. The molecule has 1 amide bonds. The zero-order valence-electron chi connectivity index (χ0n) is 8.34. The van der Waals surface area contributed by atoms with Crippen LogP contribution in [0, 0.1) is 0 Å². The van der Waals surface area contributed by atoms with Gasteiger partial charge in [-0.3, -0.25) is 4.79 Å². The van der Waals surface area contributed by atoms with E-state index < -0.39 is 12.1 Å². The monoisotopic (exact) mass is 253 g/mol. The molecule has 0 saturated heterocycles. The van der Waals surface area contributed by atoms with Crippen molar-refractivity contribution in [3.8, 4) is 0 Å². The molecule has 1 aliphatic rings. The molecule has 0 aromatic heterocycles. The fourth-order valence-corrected chi connectivity index (χ4v) is 1.42. The van der Waals surface area contributed by atoms with E-state index in [0.29, 0.717) is 6.42 Å². The summed E-state index contributed by atoms with van der Waals surface area (Å²) in [7, 11) is 1.32. The van der Waals surface area contributed by atoms with Gasteiger partial charge >= 0.3 is 12.1 Å². The maximum Gasteiger partial charge on any atom is 0.471 e. The van der Waals surface area contributed by atoms with Crippen LogP contribution in [0.5, 0.6) is 0 Å². The molecule has 1 N–H and O–H groups in total. The quantitative estimate of drug-likeness (QED) is 0.736. The Morgan fingerprint density at radius 2 is 2.25 bits per heavy atom. The van der Waals surface area contributed by atoms with E-state index in [4.69, 9.17) is 4.74 Å². The molecule has 0 aromatic carbocycles. The lowest BCUT2D eigenvalue weighted by Gasteiger charge is -2.19. The maximum atomic E-state index is 12.0. The van der Waals surface area contributed by atoms with Crippen LogP contribution in [0.2, 0.25) is 0 Å². The number of rotatable bonds is 2. The van der Waals surface area contributed by atoms with Gasteiger partial charge in [0.25, 0.3) is 0 Å². The number of alkyl halides is 3. The van der Waals surface area contributed by atoms with Crippen LogP contribution in [0.3, 0.4) is 0 Å².